The minimum absolute atomic E-state index is 0.519. The predicted octanol–water partition coefficient (Wildman–Crippen LogP) is 5.15. The SMILES string of the molecule is CC(C)c1cccc(C=CCCCCC(C)(C)O)c1. The van der Waals surface area contributed by atoms with Gasteiger partial charge in [-0.25, -0.2) is 0 Å². The van der Waals surface area contributed by atoms with Crippen molar-refractivity contribution in [2.75, 3.05) is 0 Å². The first-order valence-corrected chi connectivity index (χ1v) is 7.37. The van der Waals surface area contributed by atoms with Crippen LogP contribution in [0.5, 0.6) is 0 Å². The summed E-state index contributed by atoms with van der Waals surface area (Å²) in [7, 11) is 0. The fourth-order valence-corrected chi connectivity index (χ4v) is 2.06. The summed E-state index contributed by atoms with van der Waals surface area (Å²) in [6, 6.07) is 8.73. The maximum atomic E-state index is 9.62. The third-order valence-electron chi connectivity index (χ3n) is 3.30. The molecular weight excluding hydrogens is 232 g/mol. The molecule has 0 spiro atoms. The zero-order valence-electron chi connectivity index (χ0n) is 12.8. The lowest BCUT2D eigenvalue weighted by Gasteiger charge is -2.15. The first-order valence-electron chi connectivity index (χ1n) is 7.37. The molecule has 0 saturated heterocycles. The Balaban J connectivity index is 2.35. The van der Waals surface area contributed by atoms with Gasteiger partial charge in [0.15, 0.2) is 0 Å². The lowest BCUT2D eigenvalue weighted by molar-refractivity contribution is 0.0683. The molecule has 0 unspecified atom stereocenters. The minimum atomic E-state index is -0.519. The van der Waals surface area contributed by atoms with Crippen molar-refractivity contribution in [3.8, 4) is 0 Å². The van der Waals surface area contributed by atoms with Crippen LogP contribution in [-0.4, -0.2) is 10.7 Å². The highest BCUT2D eigenvalue weighted by atomic mass is 16.3. The van der Waals surface area contributed by atoms with Crippen molar-refractivity contribution in [2.24, 2.45) is 0 Å². The second kappa shape index (κ2) is 7.49. The summed E-state index contributed by atoms with van der Waals surface area (Å²) in [5.74, 6) is 0.583. The van der Waals surface area contributed by atoms with E-state index in [0.717, 1.165) is 25.7 Å². The fourth-order valence-electron chi connectivity index (χ4n) is 2.06. The molecular formula is C18H28O. The van der Waals surface area contributed by atoms with Gasteiger partial charge in [-0.15, -0.1) is 0 Å². The summed E-state index contributed by atoms with van der Waals surface area (Å²) in [4.78, 5) is 0. The largest absolute Gasteiger partial charge is 0.390 e. The molecule has 0 amide bonds. The number of rotatable bonds is 7. The number of aliphatic hydroxyl groups is 1. The number of benzene rings is 1. The molecule has 1 aromatic carbocycles. The topological polar surface area (TPSA) is 20.2 Å². The van der Waals surface area contributed by atoms with E-state index < -0.39 is 5.60 Å². The quantitative estimate of drug-likeness (QED) is 0.672. The molecule has 1 heteroatoms. The summed E-state index contributed by atoms with van der Waals surface area (Å²) < 4.78 is 0. The zero-order chi connectivity index (χ0) is 14.3. The van der Waals surface area contributed by atoms with E-state index >= 15 is 0 Å². The first kappa shape index (κ1) is 16.0. The highest BCUT2D eigenvalue weighted by molar-refractivity contribution is 5.50. The minimum Gasteiger partial charge on any atom is -0.390 e. The molecule has 0 aliphatic rings. The van der Waals surface area contributed by atoms with Gasteiger partial charge in [-0.2, -0.15) is 0 Å². The molecule has 0 aromatic heterocycles. The van der Waals surface area contributed by atoms with Crippen LogP contribution in [0.15, 0.2) is 30.3 Å². The smallest absolute Gasteiger partial charge is 0.0591 e. The monoisotopic (exact) mass is 260 g/mol. The highest BCUT2D eigenvalue weighted by Gasteiger charge is 2.10. The highest BCUT2D eigenvalue weighted by Crippen LogP contribution is 2.17. The van der Waals surface area contributed by atoms with Crippen LogP contribution < -0.4 is 0 Å². The molecule has 0 heterocycles. The molecule has 106 valence electrons. The molecule has 0 atom stereocenters. The van der Waals surface area contributed by atoms with Gasteiger partial charge in [0.25, 0.3) is 0 Å². The maximum Gasteiger partial charge on any atom is 0.0591 e. The van der Waals surface area contributed by atoms with Crippen LogP contribution in [-0.2, 0) is 0 Å². The Kier molecular flexibility index (Phi) is 6.30. The van der Waals surface area contributed by atoms with Gasteiger partial charge in [-0.3, -0.25) is 0 Å². The third kappa shape index (κ3) is 7.17. The van der Waals surface area contributed by atoms with E-state index in [0.29, 0.717) is 5.92 Å². The molecule has 19 heavy (non-hydrogen) atoms. The molecule has 1 aromatic rings. The Hall–Kier alpha value is -1.08. The lowest BCUT2D eigenvalue weighted by atomic mass is 9.99. The molecule has 0 aliphatic heterocycles. The van der Waals surface area contributed by atoms with E-state index in [-0.39, 0.29) is 0 Å². The molecule has 0 radical (unpaired) electrons. The van der Waals surface area contributed by atoms with Gasteiger partial charge in [0.1, 0.15) is 0 Å². The Morgan fingerprint density at radius 2 is 1.95 bits per heavy atom. The second-order valence-electron chi connectivity index (χ2n) is 6.29. The van der Waals surface area contributed by atoms with Gasteiger partial charge in [0, 0.05) is 0 Å². The van der Waals surface area contributed by atoms with Crippen molar-refractivity contribution < 1.29 is 5.11 Å². The standard InChI is InChI=1S/C18H28O/c1-15(2)17-12-9-11-16(14-17)10-7-5-6-8-13-18(3,4)19/h7,9-12,14-15,19H,5-6,8,13H2,1-4H3. The maximum absolute atomic E-state index is 9.62. The van der Waals surface area contributed by atoms with Crippen molar-refractivity contribution in [2.45, 2.75) is 64.9 Å². The Morgan fingerprint density at radius 1 is 1.21 bits per heavy atom. The lowest BCUT2D eigenvalue weighted by Crippen LogP contribution is -2.17. The molecule has 1 rings (SSSR count). The van der Waals surface area contributed by atoms with Gasteiger partial charge in [0.05, 0.1) is 5.60 Å². The Morgan fingerprint density at radius 3 is 2.58 bits per heavy atom. The van der Waals surface area contributed by atoms with E-state index in [1.165, 1.54) is 11.1 Å². The van der Waals surface area contributed by atoms with E-state index in [1.54, 1.807) is 0 Å². The Labute approximate surface area is 118 Å². The van der Waals surface area contributed by atoms with Crippen LogP contribution in [0.4, 0.5) is 0 Å². The van der Waals surface area contributed by atoms with Crippen LogP contribution in [0.3, 0.4) is 0 Å². The van der Waals surface area contributed by atoms with Crippen molar-refractivity contribution in [3.63, 3.8) is 0 Å². The summed E-state index contributed by atoms with van der Waals surface area (Å²) in [6.45, 7) is 8.19. The van der Waals surface area contributed by atoms with E-state index in [9.17, 15) is 5.11 Å². The number of allylic oxidation sites excluding steroid dienone is 1. The van der Waals surface area contributed by atoms with Crippen molar-refractivity contribution in [1.29, 1.82) is 0 Å². The normalized spacial score (nSPS) is 12.5. The number of hydrogen-bond donors (Lipinski definition) is 1. The van der Waals surface area contributed by atoms with Crippen molar-refractivity contribution >= 4 is 6.08 Å². The summed E-state index contributed by atoms with van der Waals surface area (Å²) >= 11 is 0. The van der Waals surface area contributed by atoms with E-state index in [1.807, 2.05) is 13.8 Å². The third-order valence-corrected chi connectivity index (χ3v) is 3.30. The molecule has 0 fully saturated rings. The molecule has 1 N–H and O–H groups in total. The van der Waals surface area contributed by atoms with Crippen LogP contribution in [0.1, 0.15) is 70.4 Å². The van der Waals surface area contributed by atoms with Crippen LogP contribution in [0.2, 0.25) is 0 Å². The van der Waals surface area contributed by atoms with Crippen LogP contribution in [0.25, 0.3) is 6.08 Å². The Bertz CT molecular complexity index is 396. The van der Waals surface area contributed by atoms with Gasteiger partial charge in [-0.1, -0.05) is 56.7 Å². The van der Waals surface area contributed by atoms with Crippen molar-refractivity contribution in [3.05, 3.63) is 41.5 Å². The second-order valence-corrected chi connectivity index (χ2v) is 6.29. The molecule has 0 bridgehead atoms. The van der Waals surface area contributed by atoms with E-state index in [2.05, 4.69) is 50.3 Å². The van der Waals surface area contributed by atoms with Gasteiger partial charge in [-0.05, 0) is 50.2 Å². The van der Waals surface area contributed by atoms with Gasteiger partial charge < -0.3 is 5.11 Å². The van der Waals surface area contributed by atoms with E-state index in [4.69, 9.17) is 0 Å². The summed E-state index contributed by atoms with van der Waals surface area (Å²) in [5, 5.41) is 9.62. The van der Waals surface area contributed by atoms with Crippen molar-refractivity contribution in [1.82, 2.24) is 0 Å². The summed E-state index contributed by atoms with van der Waals surface area (Å²) in [5.41, 5.74) is 2.16. The number of hydrogen-bond acceptors (Lipinski definition) is 1. The van der Waals surface area contributed by atoms with Crippen LogP contribution >= 0.6 is 0 Å². The molecule has 0 saturated carbocycles. The average Bonchev–Trinajstić information content (AvgIpc) is 2.32. The number of unbranched alkanes of at least 4 members (excludes halogenated alkanes) is 2. The zero-order valence-corrected chi connectivity index (χ0v) is 12.8. The van der Waals surface area contributed by atoms with Crippen LogP contribution in [0, 0.1) is 0 Å². The predicted molar refractivity (Wildman–Crippen MR) is 84.3 cm³/mol. The average molecular weight is 260 g/mol. The molecule has 0 aliphatic carbocycles. The fraction of sp³-hybridized carbons (Fsp3) is 0.556. The van der Waals surface area contributed by atoms with Gasteiger partial charge >= 0.3 is 0 Å². The summed E-state index contributed by atoms with van der Waals surface area (Å²) in [6.07, 6.45) is 8.63. The molecule has 1 nitrogen and oxygen atoms in total. The van der Waals surface area contributed by atoms with Gasteiger partial charge in [0.2, 0.25) is 0 Å². The first-order chi connectivity index (χ1) is 8.88.